The molecule has 0 amide bonds. The SMILES string of the molecule is CCC(C)(C)c1cc2c(c(C(C)(C)CC)c1)OP(Oc1c(C(C)c3cc(C)cc(C(C)(C)C)c3O)cc(C)cc1C(C)(C)C)Oc1c(cc(C(C)(C)CC)cc1C(C)(C)CC)C2. The lowest BCUT2D eigenvalue weighted by molar-refractivity contribution is 0.358. The van der Waals surface area contributed by atoms with E-state index in [4.69, 9.17) is 13.6 Å². The maximum absolute atomic E-state index is 12.0. The number of aromatic hydroxyl groups is 1. The molecule has 0 aliphatic carbocycles. The van der Waals surface area contributed by atoms with Gasteiger partial charge in [0.15, 0.2) is 0 Å². The summed E-state index contributed by atoms with van der Waals surface area (Å²) in [6.45, 7) is 47.7. The van der Waals surface area contributed by atoms with Gasteiger partial charge >= 0.3 is 8.60 Å². The van der Waals surface area contributed by atoms with Crippen LogP contribution in [0.5, 0.6) is 23.0 Å². The summed E-state index contributed by atoms with van der Waals surface area (Å²) >= 11 is 0. The Hall–Kier alpha value is -3.49. The van der Waals surface area contributed by atoms with Crippen molar-refractivity contribution in [2.45, 2.75) is 216 Å². The quantitative estimate of drug-likeness (QED) is 0.144. The first kappa shape index (κ1) is 49.5. The van der Waals surface area contributed by atoms with Crippen molar-refractivity contribution in [3.8, 4) is 23.0 Å². The van der Waals surface area contributed by atoms with E-state index < -0.39 is 8.60 Å². The van der Waals surface area contributed by atoms with Gasteiger partial charge in [-0.15, -0.1) is 0 Å². The topological polar surface area (TPSA) is 47.9 Å². The van der Waals surface area contributed by atoms with Crippen LogP contribution < -0.4 is 13.6 Å². The number of benzene rings is 4. The largest absolute Gasteiger partial charge is 0.530 e. The molecule has 1 aliphatic heterocycles. The molecule has 62 heavy (non-hydrogen) atoms. The highest BCUT2D eigenvalue weighted by Gasteiger charge is 2.39. The molecule has 1 atom stereocenters. The van der Waals surface area contributed by atoms with Crippen LogP contribution in [0.4, 0.5) is 0 Å². The van der Waals surface area contributed by atoms with Gasteiger partial charge in [0.05, 0.1) is 0 Å². The van der Waals surface area contributed by atoms with Crippen molar-refractivity contribution in [1.29, 1.82) is 0 Å². The molecule has 1 aliphatic rings. The van der Waals surface area contributed by atoms with E-state index in [1.807, 2.05) is 0 Å². The summed E-state index contributed by atoms with van der Waals surface area (Å²) in [6, 6.07) is 18.4. The molecule has 0 radical (unpaired) electrons. The van der Waals surface area contributed by atoms with Gasteiger partial charge in [-0.3, -0.25) is 0 Å². The van der Waals surface area contributed by atoms with Gasteiger partial charge in [-0.05, 0) is 99.8 Å². The molecular weight excluding hydrogens is 780 g/mol. The third-order valence-corrected chi connectivity index (χ3v) is 15.9. The molecule has 0 fully saturated rings. The summed E-state index contributed by atoms with van der Waals surface area (Å²) in [7, 11) is -2.07. The zero-order valence-corrected chi connectivity index (χ0v) is 43.7. The number of hydrogen-bond donors (Lipinski definition) is 1. The average Bonchev–Trinajstić information content (AvgIpc) is 3.17. The number of phenolic OH excluding ortho intramolecular Hbond substituents is 1. The van der Waals surface area contributed by atoms with Gasteiger partial charge in [0, 0.05) is 40.2 Å². The third kappa shape index (κ3) is 9.92. The normalized spacial score (nSPS) is 14.9. The average molecular weight is 863 g/mol. The Morgan fingerprint density at radius 3 is 1.31 bits per heavy atom. The first-order valence-corrected chi connectivity index (χ1v) is 24.7. The minimum absolute atomic E-state index is 0.0271. The minimum atomic E-state index is -2.07. The van der Waals surface area contributed by atoms with Gasteiger partial charge in [-0.1, -0.05) is 191 Å². The molecule has 4 aromatic carbocycles. The fourth-order valence-corrected chi connectivity index (χ4v) is 9.77. The fourth-order valence-electron chi connectivity index (χ4n) is 8.57. The Labute approximate surface area is 380 Å². The number of phenols is 1. The van der Waals surface area contributed by atoms with E-state index in [1.54, 1.807) is 0 Å². The van der Waals surface area contributed by atoms with Gasteiger partial charge in [0.25, 0.3) is 0 Å². The summed E-state index contributed by atoms with van der Waals surface area (Å²) < 4.78 is 22.4. The van der Waals surface area contributed by atoms with Crippen molar-refractivity contribution in [3.05, 3.63) is 115 Å². The van der Waals surface area contributed by atoms with Gasteiger partial charge < -0.3 is 18.7 Å². The van der Waals surface area contributed by atoms with E-state index in [0.717, 1.165) is 76.3 Å². The van der Waals surface area contributed by atoms with E-state index in [9.17, 15) is 5.11 Å². The molecule has 0 spiro atoms. The maximum atomic E-state index is 12.0. The highest BCUT2D eigenvalue weighted by Crippen LogP contribution is 2.56. The number of hydrogen-bond acceptors (Lipinski definition) is 4. The molecule has 0 saturated heterocycles. The van der Waals surface area contributed by atoms with E-state index in [0.29, 0.717) is 12.2 Å². The molecule has 1 N–H and O–H groups in total. The van der Waals surface area contributed by atoms with Crippen LogP contribution in [0.1, 0.15) is 230 Å². The van der Waals surface area contributed by atoms with E-state index >= 15 is 0 Å². The van der Waals surface area contributed by atoms with Gasteiger partial charge in [0.2, 0.25) is 0 Å². The van der Waals surface area contributed by atoms with Crippen LogP contribution in [-0.4, -0.2) is 5.11 Å². The molecule has 1 unspecified atom stereocenters. The lowest BCUT2D eigenvalue weighted by atomic mass is 9.73. The summed E-state index contributed by atoms with van der Waals surface area (Å²) in [5.41, 5.74) is 12.7. The van der Waals surface area contributed by atoms with Crippen LogP contribution in [0.2, 0.25) is 0 Å². The van der Waals surface area contributed by atoms with Crippen LogP contribution in [-0.2, 0) is 38.9 Å². The van der Waals surface area contributed by atoms with Crippen molar-refractivity contribution in [2.75, 3.05) is 0 Å². The minimum Gasteiger partial charge on any atom is -0.507 e. The lowest BCUT2D eigenvalue weighted by Gasteiger charge is -2.37. The molecule has 5 heteroatoms. The summed E-state index contributed by atoms with van der Waals surface area (Å²) in [5.74, 6) is 2.68. The van der Waals surface area contributed by atoms with Crippen LogP contribution in [0.15, 0.2) is 48.5 Å². The van der Waals surface area contributed by atoms with Crippen molar-refractivity contribution in [3.63, 3.8) is 0 Å². The van der Waals surface area contributed by atoms with Crippen LogP contribution in [0.25, 0.3) is 0 Å². The summed E-state index contributed by atoms with van der Waals surface area (Å²) in [6.07, 6.45) is 4.63. The lowest BCUT2D eigenvalue weighted by Crippen LogP contribution is -2.25. The first-order chi connectivity index (χ1) is 28.4. The van der Waals surface area contributed by atoms with Gasteiger partial charge in [-0.25, -0.2) is 0 Å². The Morgan fingerprint density at radius 1 is 0.532 bits per heavy atom. The standard InChI is InChI=1S/C57H83O4P/c1-22-54(14,15)40-31-38-30-39-32-41(55(16,17)23-2)34-47(57(20,21)25-4)50(39)60-62(59-49(38)46(33-40)56(18,19)24-3)61-51-43(27-36(6)29-45(51)53(11,12)13)37(7)42-26-35(5)28-44(48(42)58)52(8,9)10/h26-29,31-34,37,58H,22-25,30H2,1-21H3. The second-order valence-corrected chi connectivity index (χ2v) is 24.3. The molecule has 5 rings (SSSR count). The summed E-state index contributed by atoms with van der Waals surface area (Å²) in [5, 5.41) is 12.0. The van der Waals surface area contributed by atoms with Gasteiger partial charge in [-0.2, -0.15) is 0 Å². The van der Waals surface area contributed by atoms with Crippen molar-refractivity contribution >= 4 is 8.60 Å². The third-order valence-electron chi connectivity index (χ3n) is 14.9. The molecule has 4 nitrogen and oxygen atoms in total. The predicted molar refractivity (Wildman–Crippen MR) is 267 cm³/mol. The van der Waals surface area contributed by atoms with E-state index in [-0.39, 0.29) is 38.4 Å². The Balaban J connectivity index is 1.90. The molecule has 0 bridgehead atoms. The monoisotopic (exact) mass is 863 g/mol. The van der Waals surface area contributed by atoms with Crippen molar-refractivity contribution < 1.29 is 18.7 Å². The summed E-state index contributed by atoms with van der Waals surface area (Å²) in [4.78, 5) is 0. The second kappa shape index (κ2) is 17.5. The highest BCUT2D eigenvalue weighted by molar-refractivity contribution is 7.43. The molecule has 0 saturated carbocycles. The fraction of sp³-hybridized carbons (Fsp3) is 0.579. The van der Waals surface area contributed by atoms with Gasteiger partial charge in [0.1, 0.15) is 23.0 Å². The zero-order chi connectivity index (χ0) is 46.7. The van der Waals surface area contributed by atoms with Crippen molar-refractivity contribution in [1.82, 2.24) is 0 Å². The molecular formula is C57H83O4P. The maximum Gasteiger partial charge on any atom is 0.530 e. The zero-order valence-electron chi connectivity index (χ0n) is 42.9. The number of rotatable bonds is 12. The van der Waals surface area contributed by atoms with E-state index in [1.165, 1.54) is 33.4 Å². The van der Waals surface area contributed by atoms with Crippen LogP contribution in [0, 0.1) is 13.8 Å². The Bertz CT molecular complexity index is 2190. The molecule has 1 heterocycles. The van der Waals surface area contributed by atoms with Crippen molar-refractivity contribution in [2.24, 2.45) is 0 Å². The second-order valence-electron chi connectivity index (χ2n) is 23.4. The molecule has 340 valence electrons. The Morgan fingerprint density at radius 2 is 0.919 bits per heavy atom. The van der Waals surface area contributed by atoms with Crippen LogP contribution in [0.3, 0.4) is 0 Å². The highest BCUT2D eigenvalue weighted by atomic mass is 31.2. The van der Waals surface area contributed by atoms with E-state index in [2.05, 4.69) is 194 Å². The predicted octanol–water partition coefficient (Wildman–Crippen LogP) is 17.2. The smallest absolute Gasteiger partial charge is 0.507 e. The van der Waals surface area contributed by atoms with Crippen LogP contribution >= 0.6 is 8.60 Å². The number of fused-ring (bicyclic) bond motifs is 2. The first-order valence-electron chi connectivity index (χ1n) is 23.6. The Kier molecular flexibility index (Phi) is 14.0. The number of aryl methyl sites for hydroxylation is 2. The molecule has 4 aromatic rings. The molecule has 0 aromatic heterocycles.